The van der Waals surface area contributed by atoms with Gasteiger partial charge in [-0.2, -0.15) is 0 Å². The van der Waals surface area contributed by atoms with Gasteiger partial charge in [0.1, 0.15) is 0 Å². The molecule has 0 saturated heterocycles. The van der Waals surface area contributed by atoms with Crippen LogP contribution in [0.1, 0.15) is 5.56 Å². The summed E-state index contributed by atoms with van der Waals surface area (Å²) in [6.45, 7) is 0.330. The normalized spacial score (nSPS) is 10.3. The molecule has 1 aromatic rings. The third-order valence-electron chi connectivity index (χ3n) is 1.53. The highest BCUT2D eigenvalue weighted by molar-refractivity contribution is 14.1. The van der Waals surface area contributed by atoms with Gasteiger partial charge in [0.2, 0.25) is 0 Å². The Morgan fingerprint density at radius 3 is 2.58 bits per heavy atom. The molecule has 1 nitrogen and oxygen atoms in total. The van der Waals surface area contributed by atoms with Crippen molar-refractivity contribution < 1.29 is 8.78 Å². The molecule has 66 valence electrons. The smallest absolute Gasteiger partial charge is 0.163 e. The molecule has 0 aliphatic rings. The molecule has 0 aliphatic carbocycles. The quantitative estimate of drug-likeness (QED) is 0.652. The van der Waals surface area contributed by atoms with Gasteiger partial charge in [0.25, 0.3) is 0 Å². The maximum absolute atomic E-state index is 13.0. The first-order valence-corrected chi connectivity index (χ1v) is 4.57. The van der Waals surface area contributed by atoms with Crippen LogP contribution >= 0.6 is 22.6 Å². The van der Waals surface area contributed by atoms with Gasteiger partial charge in [-0.25, -0.2) is 8.78 Å². The Labute approximate surface area is 83.1 Å². The summed E-state index contributed by atoms with van der Waals surface area (Å²) in [5.41, 5.74) is 5.63. The van der Waals surface area contributed by atoms with Crippen LogP contribution < -0.4 is 5.73 Å². The van der Waals surface area contributed by atoms with Gasteiger partial charge < -0.3 is 5.73 Å². The second-order valence-electron chi connectivity index (χ2n) is 2.36. The molecule has 0 heterocycles. The summed E-state index contributed by atoms with van der Waals surface area (Å²) in [6.07, 6.45) is 0.377. The van der Waals surface area contributed by atoms with Crippen LogP contribution in [0, 0.1) is 15.2 Å². The molecular formula is C8H8F2IN. The number of nitrogens with two attached hydrogens (primary N) is 1. The third kappa shape index (κ3) is 1.92. The molecule has 0 bridgehead atoms. The second kappa shape index (κ2) is 4.13. The molecule has 2 N–H and O–H groups in total. The van der Waals surface area contributed by atoms with E-state index in [-0.39, 0.29) is 0 Å². The summed E-state index contributed by atoms with van der Waals surface area (Å²) < 4.78 is 26.4. The Morgan fingerprint density at radius 2 is 2.00 bits per heavy atom. The number of hydrogen-bond donors (Lipinski definition) is 1. The maximum atomic E-state index is 13.0. The van der Waals surface area contributed by atoms with Crippen molar-refractivity contribution in [3.8, 4) is 0 Å². The first-order valence-electron chi connectivity index (χ1n) is 3.49. The summed E-state index contributed by atoms with van der Waals surface area (Å²) in [4.78, 5) is 0. The van der Waals surface area contributed by atoms with Gasteiger partial charge in [-0.15, -0.1) is 0 Å². The fourth-order valence-electron chi connectivity index (χ4n) is 0.943. The first-order chi connectivity index (χ1) is 5.66. The van der Waals surface area contributed by atoms with Crippen molar-refractivity contribution in [3.63, 3.8) is 0 Å². The van der Waals surface area contributed by atoms with Crippen molar-refractivity contribution in [3.05, 3.63) is 32.9 Å². The first kappa shape index (κ1) is 9.85. The molecule has 0 unspecified atom stereocenters. The van der Waals surface area contributed by atoms with Gasteiger partial charge in [0.15, 0.2) is 11.6 Å². The summed E-state index contributed by atoms with van der Waals surface area (Å²) in [5.74, 6) is -1.58. The zero-order chi connectivity index (χ0) is 9.14. The lowest BCUT2D eigenvalue weighted by atomic mass is 10.1. The van der Waals surface area contributed by atoms with Crippen molar-refractivity contribution in [2.24, 2.45) is 5.73 Å². The van der Waals surface area contributed by atoms with Gasteiger partial charge >= 0.3 is 0 Å². The summed E-state index contributed by atoms with van der Waals surface area (Å²) in [7, 11) is 0. The molecular weight excluding hydrogens is 275 g/mol. The van der Waals surface area contributed by atoms with Crippen molar-refractivity contribution in [2.75, 3.05) is 6.54 Å². The van der Waals surface area contributed by atoms with Crippen molar-refractivity contribution >= 4 is 22.6 Å². The van der Waals surface area contributed by atoms with Gasteiger partial charge in [-0.1, -0.05) is 0 Å². The highest BCUT2D eigenvalue weighted by Gasteiger charge is 2.10. The number of halogens is 3. The topological polar surface area (TPSA) is 26.0 Å². The third-order valence-corrected chi connectivity index (χ3v) is 2.54. The maximum Gasteiger partial charge on any atom is 0.163 e. The van der Waals surface area contributed by atoms with E-state index in [9.17, 15) is 8.78 Å². The molecule has 0 aliphatic heterocycles. The largest absolute Gasteiger partial charge is 0.330 e. The Hall–Kier alpha value is -0.230. The van der Waals surface area contributed by atoms with Crippen LogP contribution in [0.15, 0.2) is 12.1 Å². The van der Waals surface area contributed by atoms with Crippen molar-refractivity contribution in [2.45, 2.75) is 6.42 Å². The predicted molar refractivity (Wildman–Crippen MR) is 51.8 cm³/mol. The molecule has 0 fully saturated rings. The van der Waals surface area contributed by atoms with E-state index in [1.807, 2.05) is 22.6 Å². The van der Waals surface area contributed by atoms with E-state index in [1.54, 1.807) is 6.07 Å². The SMILES string of the molecule is NCCc1c(I)ccc(F)c1F. The van der Waals surface area contributed by atoms with Crippen molar-refractivity contribution in [1.82, 2.24) is 0 Å². The molecule has 1 aromatic carbocycles. The van der Waals surface area contributed by atoms with Crippen LogP contribution in [-0.2, 0) is 6.42 Å². The molecule has 0 atom stereocenters. The zero-order valence-electron chi connectivity index (χ0n) is 6.28. The van der Waals surface area contributed by atoms with Crippen LogP contribution in [-0.4, -0.2) is 6.54 Å². The lowest BCUT2D eigenvalue weighted by Gasteiger charge is -2.04. The van der Waals surface area contributed by atoms with Gasteiger partial charge in [0, 0.05) is 9.13 Å². The highest BCUT2D eigenvalue weighted by atomic mass is 127. The highest BCUT2D eigenvalue weighted by Crippen LogP contribution is 2.18. The van der Waals surface area contributed by atoms with E-state index in [1.165, 1.54) is 0 Å². The standard InChI is InChI=1S/C8H8F2IN/c9-6-1-2-7(11)5(3-4-12)8(6)10/h1-2H,3-4,12H2. The van der Waals surface area contributed by atoms with E-state index in [2.05, 4.69) is 0 Å². The molecule has 0 radical (unpaired) electrons. The van der Waals surface area contributed by atoms with Gasteiger partial charge in [-0.3, -0.25) is 0 Å². The molecule has 0 saturated carbocycles. The number of benzene rings is 1. The second-order valence-corrected chi connectivity index (χ2v) is 3.52. The van der Waals surface area contributed by atoms with E-state index < -0.39 is 11.6 Å². The monoisotopic (exact) mass is 283 g/mol. The van der Waals surface area contributed by atoms with Crippen LogP contribution in [0.4, 0.5) is 8.78 Å². The van der Waals surface area contributed by atoms with Crippen LogP contribution in [0.2, 0.25) is 0 Å². The van der Waals surface area contributed by atoms with E-state index in [0.717, 1.165) is 9.64 Å². The molecule has 12 heavy (non-hydrogen) atoms. The van der Waals surface area contributed by atoms with Crippen LogP contribution in [0.3, 0.4) is 0 Å². The fraction of sp³-hybridized carbons (Fsp3) is 0.250. The molecule has 0 amide bonds. The molecule has 4 heteroatoms. The minimum atomic E-state index is -0.807. The average molecular weight is 283 g/mol. The van der Waals surface area contributed by atoms with Crippen molar-refractivity contribution in [1.29, 1.82) is 0 Å². The van der Waals surface area contributed by atoms with E-state index in [0.29, 0.717) is 18.5 Å². The molecule has 0 spiro atoms. The molecule has 1 rings (SSSR count). The summed E-state index contributed by atoms with van der Waals surface area (Å²) in [5, 5.41) is 0. The lowest BCUT2D eigenvalue weighted by molar-refractivity contribution is 0.497. The van der Waals surface area contributed by atoms with E-state index in [4.69, 9.17) is 5.73 Å². The van der Waals surface area contributed by atoms with Crippen LogP contribution in [0.25, 0.3) is 0 Å². The number of rotatable bonds is 2. The minimum Gasteiger partial charge on any atom is -0.330 e. The molecule has 0 aromatic heterocycles. The Morgan fingerprint density at radius 1 is 1.33 bits per heavy atom. The Balaban J connectivity index is 3.14. The average Bonchev–Trinajstić information content (AvgIpc) is 2.06. The number of hydrogen-bond acceptors (Lipinski definition) is 1. The Bertz CT molecular complexity index is 289. The van der Waals surface area contributed by atoms with Gasteiger partial charge in [-0.05, 0) is 47.7 Å². The lowest BCUT2D eigenvalue weighted by Crippen LogP contribution is -2.07. The Kier molecular flexibility index (Phi) is 3.39. The predicted octanol–water partition coefficient (Wildman–Crippen LogP) is 2.07. The fourth-order valence-corrected chi connectivity index (χ4v) is 1.63. The van der Waals surface area contributed by atoms with Crippen LogP contribution in [0.5, 0.6) is 0 Å². The van der Waals surface area contributed by atoms with E-state index >= 15 is 0 Å². The summed E-state index contributed by atoms with van der Waals surface area (Å²) in [6, 6.07) is 2.67. The van der Waals surface area contributed by atoms with Gasteiger partial charge in [0.05, 0.1) is 0 Å². The minimum absolute atomic E-state index is 0.330. The zero-order valence-corrected chi connectivity index (χ0v) is 8.44. The summed E-state index contributed by atoms with van der Waals surface area (Å²) >= 11 is 1.96.